The van der Waals surface area contributed by atoms with Crippen LogP contribution in [0.3, 0.4) is 0 Å². The van der Waals surface area contributed by atoms with Gasteiger partial charge < -0.3 is 10.1 Å². The number of benzene rings is 2. The van der Waals surface area contributed by atoms with Crippen molar-refractivity contribution in [2.24, 2.45) is 0 Å². The smallest absolute Gasteiger partial charge is 0.238 e. The SMILES string of the molecule is Cc1cc(C)c(NC(=O)CN(C)CCCOc2ccc(F)cc2)c(C)c1. The summed E-state index contributed by atoms with van der Waals surface area (Å²) < 4.78 is 18.4. The van der Waals surface area contributed by atoms with Gasteiger partial charge in [0.1, 0.15) is 11.6 Å². The largest absolute Gasteiger partial charge is 0.494 e. The number of hydrogen-bond donors (Lipinski definition) is 1. The highest BCUT2D eigenvalue weighted by Crippen LogP contribution is 2.21. The molecule has 1 N–H and O–H groups in total. The number of nitrogens with one attached hydrogen (secondary N) is 1. The predicted molar refractivity (Wildman–Crippen MR) is 103 cm³/mol. The van der Waals surface area contributed by atoms with E-state index in [0.717, 1.165) is 29.8 Å². The molecule has 0 spiro atoms. The molecule has 0 aromatic heterocycles. The van der Waals surface area contributed by atoms with Crippen molar-refractivity contribution in [3.05, 3.63) is 58.9 Å². The maximum atomic E-state index is 12.8. The van der Waals surface area contributed by atoms with Crippen LogP contribution in [0.4, 0.5) is 10.1 Å². The molecule has 0 saturated heterocycles. The molecule has 2 aromatic rings. The zero-order valence-corrected chi connectivity index (χ0v) is 15.9. The van der Waals surface area contributed by atoms with Crippen molar-refractivity contribution in [3.63, 3.8) is 0 Å². The third-order valence-corrected chi connectivity index (χ3v) is 4.12. The van der Waals surface area contributed by atoms with E-state index in [1.54, 1.807) is 12.1 Å². The maximum absolute atomic E-state index is 12.8. The van der Waals surface area contributed by atoms with Crippen LogP contribution in [0.15, 0.2) is 36.4 Å². The monoisotopic (exact) mass is 358 g/mol. The highest BCUT2D eigenvalue weighted by atomic mass is 19.1. The molecule has 0 bridgehead atoms. The van der Waals surface area contributed by atoms with Gasteiger partial charge in [-0.05, 0) is 69.6 Å². The van der Waals surface area contributed by atoms with Crippen LogP contribution in [0, 0.1) is 26.6 Å². The minimum Gasteiger partial charge on any atom is -0.494 e. The predicted octanol–water partition coefficient (Wildman–Crippen LogP) is 4.09. The van der Waals surface area contributed by atoms with E-state index in [0.29, 0.717) is 18.9 Å². The van der Waals surface area contributed by atoms with Crippen molar-refractivity contribution < 1.29 is 13.9 Å². The average Bonchev–Trinajstić information content (AvgIpc) is 2.56. The maximum Gasteiger partial charge on any atom is 0.238 e. The Morgan fingerprint density at radius 1 is 1.12 bits per heavy atom. The van der Waals surface area contributed by atoms with Gasteiger partial charge in [-0.15, -0.1) is 0 Å². The molecule has 2 rings (SSSR count). The summed E-state index contributed by atoms with van der Waals surface area (Å²) in [6, 6.07) is 10.1. The van der Waals surface area contributed by atoms with Gasteiger partial charge in [0.15, 0.2) is 0 Å². The minimum atomic E-state index is -0.276. The molecule has 0 unspecified atom stereocenters. The molecule has 5 heteroatoms. The Balaban J connectivity index is 1.73. The third kappa shape index (κ3) is 6.15. The Labute approximate surface area is 155 Å². The lowest BCUT2D eigenvalue weighted by Gasteiger charge is -2.18. The fraction of sp³-hybridized carbons (Fsp3) is 0.381. The van der Waals surface area contributed by atoms with Crippen LogP contribution < -0.4 is 10.1 Å². The number of nitrogens with zero attached hydrogens (tertiary/aromatic N) is 1. The number of amides is 1. The first-order valence-electron chi connectivity index (χ1n) is 8.80. The molecule has 0 atom stereocenters. The highest BCUT2D eigenvalue weighted by molar-refractivity contribution is 5.93. The number of likely N-dealkylation sites (N-methyl/N-ethyl adjacent to an activating group) is 1. The second kappa shape index (κ2) is 9.34. The molecule has 26 heavy (non-hydrogen) atoms. The first-order chi connectivity index (χ1) is 12.3. The molecule has 140 valence electrons. The Hall–Kier alpha value is -2.40. The number of carbonyl (C=O) groups excluding carboxylic acids is 1. The summed E-state index contributed by atoms with van der Waals surface area (Å²) in [5.41, 5.74) is 4.24. The molecular formula is C21H27FN2O2. The lowest BCUT2D eigenvalue weighted by Crippen LogP contribution is -2.31. The van der Waals surface area contributed by atoms with E-state index in [9.17, 15) is 9.18 Å². The highest BCUT2D eigenvalue weighted by Gasteiger charge is 2.10. The molecule has 0 aliphatic carbocycles. The Bertz CT molecular complexity index is 721. The van der Waals surface area contributed by atoms with Crippen molar-refractivity contribution in [2.75, 3.05) is 32.1 Å². The minimum absolute atomic E-state index is 0.0259. The van der Waals surface area contributed by atoms with Gasteiger partial charge in [0, 0.05) is 12.2 Å². The quantitative estimate of drug-likeness (QED) is 0.723. The zero-order valence-electron chi connectivity index (χ0n) is 15.9. The van der Waals surface area contributed by atoms with Crippen LogP contribution in [-0.4, -0.2) is 37.6 Å². The van der Waals surface area contributed by atoms with E-state index in [1.165, 1.54) is 17.7 Å². The summed E-state index contributed by atoms with van der Waals surface area (Å²) in [7, 11) is 1.91. The summed E-state index contributed by atoms with van der Waals surface area (Å²) in [6.07, 6.45) is 0.781. The van der Waals surface area contributed by atoms with E-state index < -0.39 is 0 Å². The second-order valence-electron chi connectivity index (χ2n) is 6.72. The Kier molecular flexibility index (Phi) is 7.16. The van der Waals surface area contributed by atoms with E-state index in [4.69, 9.17) is 4.74 Å². The number of anilines is 1. The Morgan fingerprint density at radius 2 is 1.73 bits per heavy atom. The number of rotatable bonds is 8. The van der Waals surface area contributed by atoms with E-state index >= 15 is 0 Å². The van der Waals surface area contributed by atoms with Crippen molar-refractivity contribution in [1.82, 2.24) is 4.90 Å². The van der Waals surface area contributed by atoms with Crippen LogP contribution >= 0.6 is 0 Å². The summed E-state index contributed by atoms with van der Waals surface area (Å²) >= 11 is 0. The lowest BCUT2D eigenvalue weighted by molar-refractivity contribution is -0.117. The molecule has 0 aliphatic heterocycles. The summed E-state index contributed by atoms with van der Waals surface area (Å²) in [5.74, 6) is 0.348. The van der Waals surface area contributed by atoms with Gasteiger partial charge in [-0.1, -0.05) is 17.7 Å². The van der Waals surface area contributed by atoms with E-state index in [-0.39, 0.29) is 11.7 Å². The molecule has 1 amide bonds. The summed E-state index contributed by atoms with van der Waals surface area (Å²) in [6.45, 7) is 7.64. The van der Waals surface area contributed by atoms with Crippen LogP contribution in [0.2, 0.25) is 0 Å². The number of carbonyl (C=O) groups is 1. The number of halogens is 1. The standard InChI is InChI=1S/C21H27FN2O2/c1-15-12-16(2)21(17(3)13-15)23-20(25)14-24(4)10-5-11-26-19-8-6-18(22)7-9-19/h6-9,12-13H,5,10-11,14H2,1-4H3,(H,23,25). The van der Waals surface area contributed by atoms with Gasteiger partial charge in [0.25, 0.3) is 0 Å². The van der Waals surface area contributed by atoms with Crippen LogP contribution in [0.1, 0.15) is 23.1 Å². The summed E-state index contributed by atoms with van der Waals surface area (Å²) in [5, 5.41) is 3.01. The van der Waals surface area contributed by atoms with Gasteiger partial charge in [-0.3, -0.25) is 9.69 Å². The van der Waals surface area contributed by atoms with Gasteiger partial charge >= 0.3 is 0 Å². The van der Waals surface area contributed by atoms with Gasteiger partial charge in [0.05, 0.1) is 13.2 Å². The Morgan fingerprint density at radius 3 is 2.35 bits per heavy atom. The molecule has 0 radical (unpaired) electrons. The first kappa shape index (κ1) is 19.9. The third-order valence-electron chi connectivity index (χ3n) is 4.12. The molecule has 2 aromatic carbocycles. The van der Waals surface area contributed by atoms with Crippen molar-refractivity contribution in [2.45, 2.75) is 27.2 Å². The van der Waals surface area contributed by atoms with Crippen molar-refractivity contribution in [1.29, 1.82) is 0 Å². The normalized spacial score (nSPS) is 10.8. The van der Waals surface area contributed by atoms with Crippen LogP contribution in [0.25, 0.3) is 0 Å². The van der Waals surface area contributed by atoms with Gasteiger partial charge in [0.2, 0.25) is 5.91 Å². The molecular weight excluding hydrogens is 331 g/mol. The van der Waals surface area contributed by atoms with E-state index in [1.807, 2.05) is 32.7 Å². The molecule has 0 saturated carbocycles. The fourth-order valence-corrected chi connectivity index (χ4v) is 2.94. The topological polar surface area (TPSA) is 41.6 Å². The molecule has 0 fully saturated rings. The lowest BCUT2D eigenvalue weighted by atomic mass is 10.1. The van der Waals surface area contributed by atoms with Crippen LogP contribution in [0.5, 0.6) is 5.75 Å². The molecule has 0 aliphatic rings. The molecule has 0 heterocycles. The first-order valence-corrected chi connectivity index (χ1v) is 8.80. The number of hydrogen-bond acceptors (Lipinski definition) is 3. The average molecular weight is 358 g/mol. The van der Waals surface area contributed by atoms with Crippen molar-refractivity contribution in [3.8, 4) is 5.75 Å². The van der Waals surface area contributed by atoms with Gasteiger partial charge in [-0.2, -0.15) is 0 Å². The fourth-order valence-electron chi connectivity index (χ4n) is 2.94. The zero-order chi connectivity index (χ0) is 19.1. The molecule has 4 nitrogen and oxygen atoms in total. The second-order valence-corrected chi connectivity index (χ2v) is 6.72. The van der Waals surface area contributed by atoms with Crippen LogP contribution in [-0.2, 0) is 4.79 Å². The summed E-state index contributed by atoms with van der Waals surface area (Å²) in [4.78, 5) is 14.2. The number of ether oxygens (including phenoxy) is 1. The van der Waals surface area contributed by atoms with Crippen molar-refractivity contribution >= 4 is 11.6 Å². The van der Waals surface area contributed by atoms with E-state index in [2.05, 4.69) is 17.4 Å². The van der Waals surface area contributed by atoms with Gasteiger partial charge in [-0.25, -0.2) is 4.39 Å². The number of aryl methyl sites for hydroxylation is 3.